The van der Waals surface area contributed by atoms with Gasteiger partial charge in [-0.1, -0.05) is 0 Å². The van der Waals surface area contributed by atoms with Gasteiger partial charge in [0.2, 0.25) is 0 Å². The quantitative estimate of drug-likeness (QED) is 0.762. The first-order valence-electron chi connectivity index (χ1n) is 5.57. The zero-order valence-corrected chi connectivity index (χ0v) is 8.59. The molecule has 2 aliphatic carbocycles. The molecule has 3 nitrogen and oxygen atoms in total. The molecule has 1 aromatic rings. The second-order valence-electron chi connectivity index (χ2n) is 4.70. The molecule has 3 heteroatoms. The number of nitrogens with zero attached hydrogens (tertiary/aromatic N) is 1. The maximum atomic E-state index is 4.30. The van der Waals surface area contributed by atoms with E-state index in [-0.39, 0.29) is 0 Å². The van der Waals surface area contributed by atoms with Gasteiger partial charge < -0.3 is 10.3 Å². The topological polar surface area (TPSA) is 40.7 Å². The van der Waals surface area contributed by atoms with Gasteiger partial charge >= 0.3 is 0 Å². The maximum absolute atomic E-state index is 4.30. The van der Waals surface area contributed by atoms with Crippen LogP contribution in [0.15, 0.2) is 6.33 Å². The van der Waals surface area contributed by atoms with Gasteiger partial charge in [0.25, 0.3) is 0 Å². The molecule has 0 bridgehead atoms. The van der Waals surface area contributed by atoms with Crippen molar-refractivity contribution in [2.24, 2.45) is 11.8 Å². The van der Waals surface area contributed by atoms with Gasteiger partial charge in [-0.15, -0.1) is 0 Å². The molecule has 14 heavy (non-hydrogen) atoms. The summed E-state index contributed by atoms with van der Waals surface area (Å²) >= 11 is 0. The third-order valence-electron chi connectivity index (χ3n) is 3.81. The van der Waals surface area contributed by atoms with E-state index in [4.69, 9.17) is 0 Å². The van der Waals surface area contributed by atoms with Gasteiger partial charge in [-0.25, -0.2) is 4.98 Å². The average molecular weight is 191 g/mol. The molecule has 1 aromatic heterocycles. The van der Waals surface area contributed by atoms with Crippen LogP contribution in [0, 0.1) is 18.8 Å². The van der Waals surface area contributed by atoms with Crippen molar-refractivity contribution in [3.05, 3.63) is 17.7 Å². The second kappa shape index (κ2) is 3.09. The van der Waals surface area contributed by atoms with Crippen molar-refractivity contribution in [1.29, 1.82) is 0 Å². The summed E-state index contributed by atoms with van der Waals surface area (Å²) in [6, 6.07) is 0.774. The predicted octanol–water partition coefficient (Wildman–Crippen LogP) is 1.61. The monoisotopic (exact) mass is 191 g/mol. The Hall–Kier alpha value is -0.830. The van der Waals surface area contributed by atoms with Gasteiger partial charge in [0.15, 0.2) is 0 Å². The Morgan fingerprint density at radius 1 is 1.57 bits per heavy atom. The molecule has 2 saturated carbocycles. The standard InChI is InChI=1S/C11H17N3/c1-7-11(14-6-13-7)5-12-10-3-2-8-4-9(8)10/h6,8-10,12H,2-5H2,1H3,(H,13,14)/t8-,9+,10?/m1/s1. The minimum absolute atomic E-state index is 0.774. The molecule has 1 unspecified atom stereocenters. The van der Waals surface area contributed by atoms with E-state index in [1.165, 1.54) is 30.7 Å². The highest BCUT2D eigenvalue weighted by Gasteiger charge is 2.47. The van der Waals surface area contributed by atoms with E-state index in [9.17, 15) is 0 Å². The van der Waals surface area contributed by atoms with Crippen molar-refractivity contribution < 1.29 is 0 Å². The van der Waals surface area contributed by atoms with E-state index in [0.717, 1.165) is 24.4 Å². The van der Waals surface area contributed by atoms with Crippen LogP contribution >= 0.6 is 0 Å². The Kier molecular flexibility index (Phi) is 1.87. The van der Waals surface area contributed by atoms with E-state index in [0.29, 0.717) is 0 Å². The minimum atomic E-state index is 0.774. The Labute approximate surface area is 84.3 Å². The molecule has 3 atom stereocenters. The highest BCUT2D eigenvalue weighted by molar-refractivity contribution is 5.09. The molecule has 0 radical (unpaired) electrons. The van der Waals surface area contributed by atoms with Crippen LogP contribution in [-0.2, 0) is 6.54 Å². The lowest BCUT2D eigenvalue weighted by Gasteiger charge is -2.13. The van der Waals surface area contributed by atoms with Gasteiger partial charge in [-0.2, -0.15) is 0 Å². The van der Waals surface area contributed by atoms with Crippen LogP contribution in [0.25, 0.3) is 0 Å². The first kappa shape index (κ1) is 8.48. The van der Waals surface area contributed by atoms with Gasteiger partial charge in [0, 0.05) is 18.3 Å². The average Bonchev–Trinajstić information content (AvgIpc) is 2.68. The highest BCUT2D eigenvalue weighted by atomic mass is 15.0. The summed E-state index contributed by atoms with van der Waals surface area (Å²) in [6.07, 6.45) is 6.07. The van der Waals surface area contributed by atoms with Gasteiger partial charge in [0.1, 0.15) is 0 Å². The highest BCUT2D eigenvalue weighted by Crippen LogP contribution is 2.51. The molecular formula is C11H17N3. The second-order valence-corrected chi connectivity index (χ2v) is 4.70. The zero-order valence-electron chi connectivity index (χ0n) is 8.59. The summed E-state index contributed by atoms with van der Waals surface area (Å²) < 4.78 is 0. The Balaban J connectivity index is 1.56. The summed E-state index contributed by atoms with van der Waals surface area (Å²) in [7, 11) is 0. The fourth-order valence-electron chi connectivity index (χ4n) is 2.75. The molecule has 3 rings (SSSR count). The number of hydrogen-bond acceptors (Lipinski definition) is 2. The van der Waals surface area contributed by atoms with Crippen molar-refractivity contribution in [2.45, 2.75) is 38.8 Å². The van der Waals surface area contributed by atoms with Gasteiger partial charge in [-0.3, -0.25) is 0 Å². The van der Waals surface area contributed by atoms with E-state index < -0.39 is 0 Å². The van der Waals surface area contributed by atoms with Crippen molar-refractivity contribution in [1.82, 2.24) is 15.3 Å². The number of aromatic amines is 1. The number of aryl methyl sites for hydroxylation is 1. The van der Waals surface area contributed by atoms with Gasteiger partial charge in [-0.05, 0) is 38.0 Å². The third-order valence-corrected chi connectivity index (χ3v) is 3.81. The van der Waals surface area contributed by atoms with E-state index in [1.807, 2.05) is 0 Å². The SMILES string of the molecule is Cc1[nH]cnc1CNC1CC[C@@H]2C[C@H]12. The van der Waals surface area contributed by atoms with Crippen LogP contribution < -0.4 is 5.32 Å². The predicted molar refractivity (Wildman–Crippen MR) is 54.8 cm³/mol. The minimum Gasteiger partial charge on any atom is -0.348 e. The molecule has 0 aromatic carbocycles. The molecule has 76 valence electrons. The van der Waals surface area contributed by atoms with Crippen LogP contribution in [0.1, 0.15) is 30.7 Å². The summed E-state index contributed by atoms with van der Waals surface area (Å²) in [5.41, 5.74) is 2.37. The number of aromatic nitrogens is 2. The van der Waals surface area contributed by atoms with Crippen LogP contribution in [0.5, 0.6) is 0 Å². The summed E-state index contributed by atoms with van der Waals surface area (Å²) in [6.45, 7) is 3.02. The van der Waals surface area contributed by atoms with Crippen LogP contribution in [0.4, 0.5) is 0 Å². The lowest BCUT2D eigenvalue weighted by molar-refractivity contribution is 0.471. The zero-order chi connectivity index (χ0) is 9.54. The van der Waals surface area contributed by atoms with Crippen LogP contribution in [-0.4, -0.2) is 16.0 Å². The van der Waals surface area contributed by atoms with Crippen molar-refractivity contribution in [3.8, 4) is 0 Å². The summed E-state index contributed by atoms with van der Waals surface area (Å²) in [5, 5.41) is 3.63. The molecule has 0 spiro atoms. The molecule has 2 aliphatic rings. The number of imidazole rings is 1. The van der Waals surface area contributed by atoms with E-state index in [2.05, 4.69) is 22.2 Å². The van der Waals surface area contributed by atoms with Crippen molar-refractivity contribution in [2.75, 3.05) is 0 Å². The number of H-pyrrole nitrogens is 1. The lowest BCUT2D eigenvalue weighted by atomic mass is 10.1. The first-order chi connectivity index (χ1) is 6.84. The van der Waals surface area contributed by atoms with Gasteiger partial charge in [0.05, 0.1) is 12.0 Å². The fraction of sp³-hybridized carbons (Fsp3) is 0.727. The van der Waals surface area contributed by atoms with Crippen LogP contribution in [0.2, 0.25) is 0 Å². The number of hydrogen-bond donors (Lipinski definition) is 2. The number of rotatable bonds is 3. The fourth-order valence-corrected chi connectivity index (χ4v) is 2.75. The molecule has 1 heterocycles. The number of nitrogens with one attached hydrogen (secondary N) is 2. The summed E-state index contributed by atoms with van der Waals surface area (Å²) in [4.78, 5) is 7.41. The van der Waals surface area contributed by atoms with E-state index >= 15 is 0 Å². The smallest absolute Gasteiger partial charge is 0.0925 e. The lowest BCUT2D eigenvalue weighted by Crippen LogP contribution is -2.28. The Bertz CT molecular complexity index is 331. The molecule has 0 aliphatic heterocycles. The van der Waals surface area contributed by atoms with Crippen molar-refractivity contribution >= 4 is 0 Å². The maximum Gasteiger partial charge on any atom is 0.0925 e. The molecule has 0 saturated heterocycles. The third kappa shape index (κ3) is 1.36. The van der Waals surface area contributed by atoms with Crippen molar-refractivity contribution in [3.63, 3.8) is 0 Å². The molecule has 2 fully saturated rings. The van der Waals surface area contributed by atoms with E-state index in [1.54, 1.807) is 6.33 Å². The Morgan fingerprint density at radius 3 is 3.07 bits per heavy atom. The summed E-state index contributed by atoms with van der Waals surface area (Å²) in [5.74, 6) is 2.06. The normalized spacial score (nSPS) is 34.5. The number of fused-ring (bicyclic) bond motifs is 1. The molecule has 2 N–H and O–H groups in total. The molecule has 0 amide bonds. The first-order valence-corrected chi connectivity index (χ1v) is 5.57. The Morgan fingerprint density at radius 2 is 2.50 bits per heavy atom. The largest absolute Gasteiger partial charge is 0.348 e. The molecular weight excluding hydrogens is 174 g/mol. The van der Waals surface area contributed by atoms with Crippen LogP contribution in [0.3, 0.4) is 0 Å².